The number of H-pyrrole nitrogens is 1. The standard InChI is InChI=1S/C26H21F5N4O/c27-20-11-19-17(13-34-22(19)12-21(20)28)6-9-35(14-15-4-5-15)25(36)24-23(32-7-8-33-24)16-2-1-3-18(10-16)26(29,30)31/h1-3,7-8,10-13,15,34H,4-6,9,14H2. The Labute approximate surface area is 203 Å². The number of aromatic amines is 1. The Morgan fingerprint density at radius 1 is 1.06 bits per heavy atom. The lowest BCUT2D eigenvalue weighted by Crippen LogP contribution is -2.35. The van der Waals surface area contributed by atoms with Gasteiger partial charge in [-0.1, -0.05) is 12.1 Å². The SMILES string of the molecule is O=C(c1nccnc1-c1cccc(C(F)(F)F)c1)N(CCc1c[nH]c2cc(F)c(F)cc12)CC1CC1. The Hall–Kier alpha value is -3.82. The van der Waals surface area contributed by atoms with Crippen molar-refractivity contribution in [1.29, 1.82) is 0 Å². The molecule has 186 valence electrons. The van der Waals surface area contributed by atoms with Gasteiger partial charge in [-0.3, -0.25) is 9.78 Å². The molecule has 1 N–H and O–H groups in total. The maximum atomic E-state index is 13.8. The van der Waals surface area contributed by atoms with Crippen molar-refractivity contribution in [2.75, 3.05) is 13.1 Å². The molecule has 1 amide bonds. The highest BCUT2D eigenvalue weighted by Gasteiger charge is 2.32. The van der Waals surface area contributed by atoms with Gasteiger partial charge in [0, 0.05) is 54.2 Å². The summed E-state index contributed by atoms with van der Waals surface area (Å²) in [4.78, 5) is 26.5. The first-order valence-corrected chi connectivity index (χ1v) is 11.4. The van der Waals surface area contributed by atoms with Gasteiger partial charge in [-0.2, -0.15) is 13.2 Å². The summed E-state index contributed by atoms with van der Waals surface area (Å²) in [7, 11) is 0. The Morgan fingerprint density at radius 3 is 2.56 bits per heavy atom. The molecule has 4 aromatic rings. The van der Waals surface area contributed by atoms with Crippen molar-refractivity contribution in [3.8, 4) is 11.3 Å². The highest BCUT2D eigenvalue weighted by Crippen LogP contribution is 2.34. The number of hydrogen-bond donors (Lipinski definition) is 1. The number of benzene rings is 2. The predicted octanol–water partition coefficient (Wildman–Crippen LogP) is 6.02. The van der Waals surface area contributed by atoms with Crippen LogP contribution in [0.4, 0.5) is 22.0 Å². The minimum absolute atomic E-state index is 0.0375. The molecule has 36 heavy (non-hydrogen) atoms. The van der Waals surface area contributed by atoms with Gasteiger partial charge in [0.2, 0.25) is 0 Å². The number of nitrogens with one attached hydrogen (secondary N) is 1. The molecule has 5 nitrogen and oxygen atoms in total. The number of carbonyl (C=O) groups is 1. The molecule has 0 bridgehead atoms. The summed E-state index contributed by atoms with van der Waals surface area (Å²) in [5, 5.41) is 0.525. The lowest BCUT2D eigenvalue weighted by Gasteiger charge is -2.23. The summed E-state index contributed by atoms with van der Waals surface area (Å²) in [6.45, 7) is 0.725. The summed E-state index contributed by atoms with van der Waals surface area (Å²) in [6, 6.07) is 6.84. The third kappa shape index (κ3) is 4.93. The molecule has 1 aliphatic rings. The number of hydrogen-bond acceptors (Lipinski definition) is 3. The first-order valence-electron chi connectivity index (χ1n) is 11.4. The molecule has 0 unspecified atom stereocenters. The monoisotopic (exact) mass is 500 g/mol. The van der Waals surface area contributed by atoms with Crippen LogP contribution in [0.25, 0.3) is 22.2 Å². The van der Waals surface area contributed by atoms with Gasteiger partial charge in [0.15, 0.2) is 17.3 Å². The number of nitrogens with zero attached hydrogens (tertiary/aromatic N) is 3. The van der Waals surface area contributed by atoms with Gasteiger partial charge in [0.1, 0.15) is 5.69 Å². The van der Waals surface area contributed by atoms with Gasteiger partial charge < -0.3 is 9.88 Å². The van der Waals surface area contributed by atoms with Crippen LogP contribution < -0.4 is 0 Å². The van der Waals surface area contributed by atoms with Crippen LogP contribution in [0.3, 0.4) is 0 Å². The second kappa shape index (κ2) is 9.33. The fraction of sp³-hybridized carbons (Fsp3) is 0.269. The largest absolute Gasteiger partial charge is 0.416 e. The van der Waals surface area contributed by atoms with Gasteiger partial charge in [0.05, 0.1) is 5.56 Å². The van der Waals surface area contributed by atoms with Gasteiger partial charge in [-0.15, -0.1) is 0 Å². The predicted molar refractivity (Wildman–Crippen MR) is 123 cm³/mol. The average molecular weight is 500 g/mol. The normalized spacial score (nSPS) is 13.8. The molecule has 1 fully saturated rings. The third-order valence-electron chi connectivity index (χ3n) is 6.29. The smallest absolute Gasteiger partial charge is 0.361 e. The van der Waals surface area contributed by atoms with Crippen molar-refractivity contribution >= 4 is 16.8 Å². The molecule has 0 radical (unpaired) electrons. The zero-order chi connectivity index (χ0) is 25.4. The first kappa shape index (κ1) is 23.9. The maximum Gasteiger partial charge on any atom is 0.416 e. The Morgan fingerprint density at radius 2 is 1.81 bits per heavy atom. The van der Waals surface area contributed by atoms with Crippen molar-refractivity contribution in [1.82, 2.24) is 19.9 Å². The molecule has 0 spiro atoms. The van der Waals surface area contributed by atoms with Gasteiger partial charge in [-0.05, 0) is 48.9 Å². The zero-order valence-electron chi connectivity index (χ0n) is 18.9. The van der Waals surface area contributed by atoms with E-state index in [1.165, 1.54) is 24.5 Å². The van der Waals surface area contributed by atoms with Crippen LogP contribution in [-0.4, -0.2) is 38.8 Å². The highest BCUT2D eigenvalue weighted by atomic mass is 19.4. The molecular weight excluding hydrogens is 479 g/mol. The van der Waals surface area contributed by atoms with E-state index in [2.05, 4.69) is 15.0 Å². The molecule has 2 aromatic heterocycles. The third-order valence-corrected chi connectivity index (χ3v) is 6.29. The highest BCUT2D eigenvalue weighted by molar-refractivity contribution is 5.98. The second-order valence-corrected chi connectivity index (χ2v) is 8.90. The molecule has 0 aliphatic heterocycles. The van der Waals surface area contributed by atoms with E-state index in [-0.39, 0.29) is 23.5 Å². The van der Waals surface area contributed by atoms with Gasteiger partial charge in [-0.25, -0.2) is 13.8 Å². The molecule has 1 saturated carbocycles. The molecular formula is C26H21F5N4O. The molecule has 5 rings (SSSR count). The number of rotatable bonds is 7. The number of fused-ring (bicyclic) bond motifs is 1. The number of halogens is 5. The molecule has 2 aromatic carbocycles. The van der Waals surface area contributed by atoms with Crippen LogP contribution in [0, 0.1) is 17.6 Å². The topological polar surface area (TPSA) is 61.9 Å². The second-order valence-electron chi connectivity index (χ2n) is 8.90. The molecule has 0 saturated heterocycles. The van der Waals surface area contributed by atoms with E-state index in [1.54, 1.807) is 11.1 Å². The number of aromatic nitrogens is 3. The zero-order valence-corrected chi connectivity index (χ0v) is 18.9. The minimum atomic E-state index is -4.54. The van der Waals surface area contributed by atoms with Crippen molar-refractivity contribution in [3.05, 3.63) is 83.4 Å². The van der Waals surface area contributed by atoms with Crippen LogP contribution >= 0.6 is 0 Å². The van der Waals surface area contributed by atoms with E-state index in [9.17, 15) is 26.7 Å². The van der Waals surface area contributed by atoms with Crippen molar-refractivity contribution in [2.24, 2.45) is 5.92 Å². The Balaban J connectivity index is 1.43. The van der Waals surface area contributed by atoms with Crippen LogP contribution in [0.5, 0.6) is 0 Å². The van der Waals surface area contributed by atoms with E-state index in [4.69, 9.17) is 0 Å². The summed E-state index contributed by atoms with van der Waals surface area (Å²) >= 11 is 0. The number of carbonyl (C=O) groups excluding carboxylic acids is 1. The van der Waals surface area contributed by atoms with Crippen molar-refractivity contribution in [3.63, 3.8) is 0 Å². The van der Waals surface area contributed by atoms with Gasteiger partial charge >= 0.3 is 6.18 Å². The maximum absolute atomic E-state index is 13.8. The number of amides is 1. The minimum Gasteiger partial charge on any atom is -0.361 e. The van der Waals surface area contributed by atoms with Crippen molar-refractivity contribution < 1.29 is 26.7 Å². The summed E-state index contributed by atoms with van der Waals surface area (Å²) in [5.41, 5.74) is 0.492. The molecule has 0 atom stereocenters. The van der Waals surface area contributed by atoms with E-state index in [1.807, 2.05) is 0 Å². The lowest BCUT2D eigenvalue weighted by atomic mass is 10.0. The van der Waals surface area contributed by atoms with E-state index >= 15 is 0 Å². The fourth-order valence-corrected chi connectivity index (χ4v) is 4.22. The van der Waals surface area contributed by atoms with Gasteiger partial charge in [0.25, 0.3) is 5.91 Å². The summed E-state index contributed by atoms with van der Waals surface area (Å²) in [5.74, 6) is -2.03. The van der Waals surface area contributed by atoms with E-state index < -0.39 is 29.3 Å². The van der Waals surface area contributed by atoms with E-state index in [0.717, 1.165) is 42.7 Å². The first-order chi connectivity index (χ1) is 17.2. The van der Waals surface area contributed by atoms with Crippen molar-refractivity contribution in [2.45, 2.75) is 25.4 Å². The van der Waals surface area contributed by atoms with Crippen LogP contribution in [0.1, 0.15) is 34.5 Å². The summed E-state index contributed by atoms with van der Waals surface area (Å²) in [6.07, 6.45) is 2.09. The van der Waals surface area contributed by atoms with Crippen LogP contribution in [-0.2, 0) is 12.6 Å². The average Bonchev–Trinajstić information content (AvgIpc) is 3.61. The Kier molecular flexibility index (Phi) is 6.19. The quantitative estimate of drug-likeness (QED) is 0.316. The van der Waals surface area contributed by atoms with Crippen LogP contribution in [0.15, 0.2) is 55.0 Å². The fourth-order valence-electron chi connectivity index (χ4n) is 4.22. The molecule has 2 heterocycles. The molecule has 1 aliphatic carbocycles. The lowest BCUT2D eigenvalue weighted by molar-refractivity contribution is -0.137. The summed E-state index contributed by atoms with van der Waals surface area (Å²) < 4.78 is 67.1. The van der Waals surface area contributed by atoms with Crippen LogP contribution in [0.2, 0.25) is 0 Å². The molecule has 10 heteroatoms. The van der Waals surface area contributed by atoms with E-state index in [0.29, 0.717) is 29.8 Å². The number of alkyl halides is 3. The Bertz CT molecular complexity index is 1430.